The van der Waals surface area contributed by atoms with Gasteiger partial charge in [-0.1, -0.05) is 47.3 Å². The van der Waals surface area contributed by atoms with Gasteiger partial charge < -0.3 is 22.3 Å². The van der Waals surface area contributed by atoms with Gasteiger partial charge in [-0.25, -0.2) is 9.13 Å². The van der Waals surface area contributed by atoms with Gasteiger partial charge in [-0.3, -0.25) is 0 Å². The molecule has 0 bridgehead atoms. The summed E-state index contributed by atoms with van der Waals surface area (Å²) in [5, 5.41) is 0. The molecule has 0 amide bonds. The SMILES string of the molecule is C.CC.CC.C[n+]1ccccc1.C[n+]1ccccc1.[CH3-].[CH3-].[CH3-].[Y].[Y].[Y]. The van der Waals surface area contributed by atoms with Gasteiger partial charge in [0.15, 0.2) is 24.8 Å². The van der Waals surface area contributed by atoms with Crippen molar-refractivity contribution in [1.82, 2.24) is 0 Å². The minimum absolute atomic E-state index is 0. The molecule has 0 aromatic carbocycles. The van der Waals surface area contributed by atoms with Crippen molar-refractivity contribution in [2.24, 2.45) is 14.1 Å². The van der Waals surface area contributed by atoms with Gasteiger partial charge in [0.25, 0.3) is 0 Å². The van der Waals surface area contributed by atoms with Crippen molar-refractivity contribution in [2.45, 2.75) is 35.1 Å². The Hall–Kier alpha value is 1.61. The molecule has 0 atom stereocenters. The molecule has 2 heterocycles. The van der Waals surface area contributed by atoms with Crippen LogP contribution >= 0.6 is 0 Å². The second kappa shape index (κ2) is 50.0. The summed E-state index contributed by atoms with van der Waals surface area (Å²) < 4.78 is 4.00. The molecule has 0 aliphatic rings. The summed E-state index contributed by atoms with van der Waals surface area (Å²) >= 11 is 0. The van der Waals surface area contributed by atoms with Crippen LogP contribution in [0.2, 0.25) is 0 Å². The first-order chi connectivity index (χ1) is 8.79. The Morgan fingerprint density at radius 3 is 0.680 bits per heavy atom. The van der Waals surface area contributed by atoms with E-state index in [1.165, 1.54) is 0 Å². The van der Waals surface area contributed by atoms with Gasteiger partial charge in [0.1, 0.15) is 14.1 Å². The van der Waals surface area contributed by atoms with Crippen LogP contribution in [0.1, 0.15) is 35.1 Å². The fraction of sp³-hybridized carbons (Fsp3) is 0.350. The van der Waals surface area contributed by atoms with E-state index in [1.807, 2.05) is 112 Å². The van der Waals surface area contributed by atoms with Gasteiger partial charge in [-0.2, -0.15) is 0 Å². The third-order valence-corrected chi connectivity index (χ3v) is 1.73. The summed E-state index contributed by atoms with van der Waals surface area (Å²) in [4.78, 5) is 0. The van der Waals surface area contributed by atoms with E-state index in [1.54, 1.807) is 0 Å². The molecule has 0 saturated carbocycles. The molecule has 2 aromatic heterocycles. The molecular weight excluding hydrogens is 535 g/mol. The van der Waals surface area contributed by atoms with Gasteiger partial charge in [0, 0.05) is 122 Å². The third kappa shape index (κ3) is 46.0. The van der Waals surface area contributed by atoms with E-state index in [-0.39, 0.29) is 128 Å². The molecule has 0 aliphatic heterocycles. The number of nitrogens with zero attached hydrogens (tertiary/aromatic N) is 2. The minimum atomic E-state index is 0. The average Bonchev–Trinajstić information content (AvgIpc) is 2.46. The molecule has 3 radical (unpaired) electrons. The van der Waals surface area contributed by atoms with Crippen LogP contribution < -0.4 is 9.13 Å². The van der Waals surface area contributed by atoms with Gasteiger partial charge in [0.05, 0.1) is 0 Å². The van der Waals surface area contributed by atoms with Crippen molar-refractivity contribution in [3.8, 4) is 0 Å². The van der Waals surface area contributed by atoms with Crippen molar-refractivity contribution >= 4 is 0 Å². The van der Waals surface area contributed by atoms with Crippen LogP contribution in [0.4, 0.5) is 0 Å². The summed E-state index contributed by atoms with van der Waals surface area (Å²) in [6.07, 6.45) is 8.00. The molecule has 2 rings (SSSR count). The summed E-state index contributed by atoms with van der Waals surface area (Å²) in [5.74, 6) is 0. The predicted octanol–water partition coefficient (Wildman–Crippen LogP) is 5.05. The molecule has 0 saturated heterocycles. The first-order valence-electron chi connectivity index (χ1n) is 6.59. The Kier molecular flexibility index (Phi) is 113. The van der Waals surface area contributed by atoms with Crippen molar-refractivity contribution < 1.29 is 107 Å². The Morgan fingerprint density at radius 2 is 0.600 bits per heavy atom. The summed E-state index contributed by atoms with van der Waals surface area (Å²) in [6.45, 7) is 8.00. The fourth-order valence-electron chi connectivity index (χ4n) is 0.969. The fourth-order valence-corrected chi connectivity index (χ4v) is 0.969. The zero-order valence-electron chi connectivity index (χ0n) is 17.4. The van der Waals surface area contributed by atoms with E-state index >= 15 is 0 Å². The third-order valence-electron chi connectivity index (χ3n) is 1.73. The van der Waals surface area contributed by atoms with E-state index in [9.17, 15) is 0 Å². The summed E-state index contributed by atoms with van der Waals surface area (Å²) in [6, 6.07) is 12.0. The van der Waals surface area contributed by atoms with Crippen molar-refractivity contribution in [3.05, 3.63) is 83.5 Å². The maximum absolute atomic E-state index is 2.00. The molecule has 0 N–H and O–H groups in total. The molecule has 0 spiro atoms. The maximum atomic E-state index is 2.00. The smallest absolute Gasteiger partial charge is 0.168 e. The van der Waals surface area contributed by atoms with E-state index in [2.05, 4.69) is 0 Å². The van der Waals surface area contributed by atoms with Gasteiger partial charge in [0.2, 0.25) is 0 Å². The van der Waals surface area contributed by atoms with Crippen LogP contribution in [0, 0.1) is 22.3 Å². The van der Waals surface area contributed by atoms with Crippen molar-refractivity contribution in [1.29, 1.82) is 0 Å². The molecule has 5 heteroatoms. The van der Waals surface area contributed by atoms with Gasteiger partial charge in [-0.05, 0) is 0 Å². The molecule has 0 aliphatic carbocycles. The normalized spacial score (nSPS) is 5.36. The van der Waals surface area contributed by atoms with Crippen LogP contribution in [0.15, 0.2) is 61.2 Å². The Balaban J connectivity index is -0.0000000198. The topological polar surface area (TPSA) is 7.76 Å². The maximum Gasteiger partial charge on any atom is 0.168 e. The molecule has 0 fully saturated rings. The average molecular weight is 576 g/mol. The number of aryl methyl sites for hydroxylation is 2. The van der Waals surface area contributed by atoms with Gasteiger partial charge >= 0.3 is 0 Å². The van der Waals surface area contributed by atoms with Crippen LogP contribution in [0.5, 0.6) is 0 Å². The van der Waals surface area contributed by atoms with Crippen molar-refractivity contribution in [3.63, 3.8) is 0 Å². The quantitative estimate of drug-likeness (QED) is 0.307. The molecule has 25 heavy (non-hydrogen) atoms. The Bertz CT molecular complexity index is 320. The number of aromatic nitrogens is 2. The molecular formula is C20H41N2Y3-. The number of pyridine rings is 2. The van der Waals surface area contributed by atoms with Crippen molar-refractivity contribution in [2.75, 3.05) is 0 Å². The number of hydrogen-bond acceptors (Lipinski definition) is 0. The van der Waals surface area contributed by atoms with Gasteiger partial charge in [-0.15, -0.1) is 0 Å². The summed E-state index contributed by atoms with van der Waals surface area (Å²) in [5.41, 5.74) is 0. The molecule has 2 aromatic rings. The zero-order chi connectivity index (χ0) is 14.2. The molecule has 0 unspecified atom stereocenters. The number of hydrogen-bond donors (Lipinski definition) is 0. The number of rotatable bonds is 0. The largest absolute Gasteiger partial charge is 0.358 e. The standard InChI is InChI=1S/2C6H8N.2C2H6.CH4.3CH3.3Y/c2*1-7-5-3-2-4-6-7;2*1-2;;;;;;;/h2*2-6H,1H3;2*1-2H3;1H4;3*1H3;;;/q2*+1;;;;3*-1;;;. The Labute approximate surface area is 236 Å². The second-order valence-electron chi connectivity index (χ2n) is 3.08. The molecule has 2 nitrogen and oxygen atoms in total. The van der Waals surface area contributed by atoms with Crippen LogP contribution in [-0.4, -0.2) is 0 Å². The summed E-state index contributed by atoms with van der Waals surface area (Å²) in [7, 11) is 4.00. The van der Waals surface area contributed by atoms with E-state index in [0.29, 0.717) is 0 Å². The van der Waals surface area contributed by atoms with Crippen LogP contribution in [0.25, 0.3) is 0 Å². The monoisotopic (exact) mass is 576 g/mol. The van der Waals surface area contributed by atoms with Crippen LogP contribution in [0.3, 0.4) is 0 Å². The minimum Gasteiger partial charge on any atom is -0.358 e. The predicted molar refractivity (Wildman–Crippen MR) is 104 cm³/mol. The Morgan fingerprint density at radius 1 is 0.440 bits per heavy atom. The molecule has 141 valence electrons. The first kappa shape index (κ1) is 56.3. The van der Waals surface area contributed by atoms with E-state index in [0.717, 1.165) is 0 Å². The van der Waals surface area contributed by atoms with E-state index < -0.39 is 0 Å². The second-order valence-corrected chi connectivity index (χ2v) is 3.08. The van der Waals surface area contributed by atoms with E-state index in [4.69, 9.17) is 0 Å². The first-order valence-corrected chi connectivity index (χ1v) is 6.59. The zero-order valence-corrected chi connectivity index (χ0v) is 25.9. The van der Waals surface area contributed by atoms with Crippen LogP contribution in [-0.2, 0) is 112 Å².